The summed E-state index contributed by atoms with van der Waals surface area (Å²) in [4.78, 5) is 6.47. The molecule has 1 aromatic carbocycles. The number of anilines is 1. The second-order valence-electron chi connectivity index (χ2n) is 3.86. The number of nitrogens with zero attached hydrogens (tertiary/aromatic N) is 3. The Labute approximate surface area is 99.0 Å². The molecule has 0 atom stereocenters. The third-order valence-electron chi connectivity index (χ3n) is 2.73. The highest BCUT2D eigenvalue weighted by molar-refractivity contribution is 5.54. The van der Waals surface area contributed by atoms with Gasteiger partial charge in [-0.2, -0.15) is 4.98 Å². The Morgan fingerprint density at radius 1 is 1.06 bits per heavy atom. The molecule has 5 nitrogen and oxygen atoms in total. The third kappa shape index (κ3) is 2.14. The number of aromatic nitrogens is 2. The first-order valence-electron chi connectivity index (χ1n) is 5.65. The van der Waals surface area contributed by atoms with Crippen molar-refractivity contribution in [1.82, 2.24) is 10.1 Å². The molecule has 5 heteroatoms. The van der Waals surface area contributed by atoms with Crippen LogP contribution >= 0.6 is 0 Å². The topological polar surface area (TPSA) is 51.4 Å². The molecular weight excluding hydrogens is 218 g/mol. The molecule has 0 N–H and O–H groups in total. The van der Waals surface area contributed by atoms with Crippen LogP contribution < -0.4 is 4.90 Å². The van der Waals surface area contributed by atoms with Gasteiger partial charge in [0.15, 0.2) is 0 Å². The van der Waals surface area contributed by atoms with E-state index in [9.17, 15) is 0 Å². The van der Waals surface area contributed by atoms with Crippen molar-refractivity contribution in [1.29, 1.82) is 0 Å². The van der Waals surface area contributed by atoms with Crippen LogP contribution in [0.15, 0.2) is 34.9 Å². The smallest absolute Gasteiger partial charge is 0.266 e. The van der Waals surface area contributed by atoms with Crippen LogP contribution in [0.5, 0.6) is 0 Å². The fourth-order valence-electron chi connectivity index (χ4n) is 1.81. The van der Waals surface area contributed by atoms with Gasteiger partial charge in [-0.3, -0.25) is 0 Å². The SMILES string of the molecule is c1ccc(-c2nc(N3CCOCC3)no2)cc1. The normalized spacial score (nSPS) is 16.1. The van der Waals surface area contributed by atoms with Gasteiger partial charge in [0.1, 0.15) is 0 Å². The first-order valence-corrected chi connectivity index (χ1v) is 5.65. The van der Waals surface area contributed by atoms with Gasteiger partial charge in [-0.1, -0.05) is 18.2 Å². The van der Waals surface area contributed by atoms with E-state index in [1.54, 1.807) is 0 Å². The number of ether oxygens (including phenoxy) is 1. The van der Waals surface area contributed by atoms with Crippen LogP contribution in [-0.4, -0.2) is 36.4 Å². The lowest BCUT2D eigenvalue weighted by atomic mass is 10.2. The summed E-state index contributed by atoms with van der Waals surface area (Å²) in [5, 5.41) is 4.00. The van der Waals surface area contributed by atoms with E-state index in [2.05, 4.69) is 15.0 Å². The quantitative estimate of drug-likeness (QED) is 0.785. The zero-order valence-electron chi connectivity index (χ0n) is 9.37. The number of hydrogen-bond donors (Lipinski definition) is 0. The second-order valence-corrected chi connectivity index (χ2v) is 3.86. The van der Waals surface area contributed by atoms with Crippen LogP contribution in [0.2, 0.25) is 0 Å². The van der Waals surface area contributed by atoms with E-state index >= 15 is 0 Å². The first-order chi connectivity index (χ1) is 8.43. The van der Waals surface area contributed by atoms with E-state index in [4.69, 9.17) is 9.26 Å². The van der Waals surface area contributed by atoms with Gasteiger partial charge in [0.2, 0.25) is 0 Å². The Kier molecular flexibility index (Phi) is 2.75. The molecule has 2 heterocycles. The molecule has 1 fully saturated rings. The molecule has 0 unspecified atom stereocenters. The number of benzene rings is 1. The van der Waals surface area contributed by atoms with Crippen molar-refractivity contribution in [3.8, 4) is 11.5 Å². The highest BCUT2D eigenvalue weighted by Crippen LogP contribution is 2.20. The summed E-state index contributed by atoms with van der Waals surface area (Å²) in [6, 6.07) is 9.78. The van der Waals surface area contributed by atoms with Crippen LogP contribution in [0.4, 0.5) is 5.95 Å². The van der Waals surface area contributed by atoms with E-state index in [1.807, 2.05) is 30.3 Å². The number of hydrogen-bond acceptors (Lipinski definition) is 5. The lowest BCUT2D eigenvalue weighted by Crippen LogP contribution is -2.36. The minimum Gasteiger partial charge on any atom is -0.378 e. The van der Waals surface area contributed by atoms with Gasteiger partial charge in [-0.05, 0) is 17.3 Å². The Morgan fingerprint density at radius 3 is 2.59 bits per heavy atom. The maximum Gasteiger partial charge on any atom is 0.266 e. The van der Waals surface area contributed by atoms with Gasteiger partial charge in [0.05, 0.1) is 13.2 Å². The molecule has 88 valence electrons. The second kappa shape index (κ2) is 4.55. The molecule has 1 aromatic heterocycles. The molecule has 0 bridgehead atoms. The summed E-state index contributed by atoms with van der Waals surface area (Å²) in [5.41, 5.74) is 0.944. The van der Waals surface area contributed by atoms with Crippen molar-refractivity contribution in [2.75, 3.05) is 31.2 Å². The molecule has 1 aliphatic heterocycles. The van der Waals surface area contributed by atoms with Crippen molar-refractivity contribution in [3.05, 3.63) is 30.3 Å². The maximum atomic E-state index is 5.28. The van der Waals surface area contributed by atoms with Crippen LogP contribution in [0.25, 0.3) is 11.5 Å². The summed E-state index contributed by atoms with van der Waals surface area (Å²) in [6.07, 6.45) is 0. The Bertz CT molecular complexity index is 478. The third-order valence-corrected chi connectivity index (χ3v) is 2.73. The average Bonchev–Trinajstić information content (AvgIpc) is 2.90. The van der Waals surface area contributed by atoms with Gasteiger partial charge in [0, 0.05) is 18.7 Å². The summed E-state index contributed by atoms with van der Waals surface area (Å²) in [7, 11) is 0. The Morgan fingerprint density at radius 2 is 1.82 bits per heavy atom. The zero-order valence-corrected chi connectivity index (χ0v) is 9.37. The fourth-order valence-corrected chi connectivity index (χ4v) is 1.81. The molecule has 0 aliphatic carbocycles. The molecule has 0 amide bonds. The van der Waals surface area contributed by atoms with Crippen molar-refractivity contribution in [2.24, 2.45) is 0 Å². The lowest BCUT2D eigenvalue weighted by molar-refractivity contribution is 0.121. The Balaban J connectivity index is 1.83. The molecule has 0 radical (unpaired) electrons. The van der Waals surface area contributed by atoms with Crippen LogP contribution in [-0.2, 0) is 4.74 Å². The zero-order chi connectivity index (χ0) is 11.5. The molecule has 2 aromatic rings. The average molecular weight is 231 g/mol. The van der Waals surface area contributed by atoms with Gasteiger partial charge in [-0.25, -0.2) is 0 Å². The van der Waals surface area contributed by atoms with Gasteiger partial charge in [0.25, 0.3) is 11.8 Å². The predicted molar refractivity (Wildman–Crippen MR) is 62.8 cm³/mol. The lowest BCUT2D eigenvalue weighted by Gasteiger charge is -2.24. The maximum absolute atomic E-state index is 5.28. The summed E-state index contributed by atoms with van der Waals surface area (Å²) in [5.74, 6) is 1.21. The van der Waals surface area contributed by atoms with Crippen LogP contribution in [0.1, 0.15) is 0 Å². The minimum atomic E-state index is 0.562. The van der Waals surface area contributed by atoms with E-state index in [1.165, 1.54) is 0 Å². The Hall–Kier alpha value is -1.88. The molecule has 0 spiro atoms. The van der Waals surface area contributed by atoms with E-state index in [0.717, 1.165) is 31.9 Å². The predicted octanol–water partition coefficient (Wildman–Crippen LogP) is 1.57. The van der Waals surface area contributed by atoms with E-state index in [0.29, 0.717) is 11.8 Å². The molecular formula is C12H13N3O2. The molecule has 1 saturated heterocycles. The van der Waals surface area contributed by atoms with Crippen molar-refractivity contribution in [3.63, 3.8) is 0 Å². The van der Waals surface area contributed by atoms with Crippen molar-refractivity contribution < 1.29 is 9.26 Å². The van der Waals surface area contributed by atoms with E-state index < -0.39 is 0 Å². The standard InChI is InChI=1S/C12H13N3O2/c1-2-4-10(5-3-1)11-13-12(14-17-11)15-6-8-16-9-7-15/h1-5H,6-9H2. The van der Waals surface area contributed by atoms with Gasteiger partial charge >= 0.3 is 0 Å². The molecule has 1 aliphatic rings. The minimum absolute atomic E-state index is 0.562. The largest absolute Gasteiger partial charge is 0.378 e. The summed E-state index contributed by atoms with van der Waals surface area (Å²) >= 11 is 0. The van der Waals surface area contributed by atoms with Crippen LogP contribution in [0, 0.1) is 0 Å². The number of morpholine rings is 1. The molecule has 3 rings (SSSR count). The van der Waals surface area contributed by atoms with Gasteiger partial charge in [-0.15, -0.1) is 0 Å². The highest BCUT2D eigenvalue weighted by Gasteiger charge is 2.17. The fraction of sp³-hybridized carbons (Fsp3) is 0.333. The van der Waals surface area contributed by atoms with Crippen LogP contribution in [0.3, 0.4) is 0 Å². The summed E-state index contributed by atoms with van der Waals surface area (Å²) in [6.45, 7) is 3.06. The molecule has 0 saturated carbocycles. The van der Waals surface area contributed by atoms with E-state index in [-0.39, 0.29) is 0 Å². The van der Waals surface area contributed by atoms with Gasteiger partial charge < -0.3 is 14.2 Å². The summed E-state index contributed by atoms with van der Waals surface area (Å²) < 4.78 is 10.5. The first kappa shape index (κ1) is 10.3. The highest BCUT2D eigenvalue weighted by atomic mass is 16.5. The van der Waals surface area contributed by atoms with Crippen molar-refractivity contribution in [2.45, 2.75) is 0 Å². The van der Waals surface area contributed by atoms with Crippen molar-refractivity contribution >= 4 is 5.95 Å². The molecule has 17 heavy (non-hydrogen) atoms. The monoisotopic (exact) mass is 231 g/mol. The number of rotatable bonds is 2.